The number of Topliss-reactive ketones (excluding diaryl/α,β-unsaturated/α-hetero) is 1. The fourth-order valence-corrected chi connectivity index (χ4v) is 1.03. The Balaban J connectivity index is 0.00000121. The van der Waals surface area contributed by atoms with Crippen LogP contribution in [0, 0.1) is 0 Å². The van der Waals surface area contributed by atoms with Crippen LogP contribution >= 0.6 is 24.0 Å². The number of benzene rings is 1. The summed E-state index contributed by atoms with van der Waals surface area (Å²) in [6, 6.07) is 9.18. The summed E-state index contributed by atoms with van der Waals surface area (Å²) in [5.74, 6) is 0.508. The molecule has 1 aromatic rings. The van der Waals surface area contributed by atoms with Crippen LogP contribution in [0.3, 0.4) is 0 Å². The molecule has 1 nitrogen and oxygen atoms in total. The SMILES string of the molecule is Cl.O=C(CCCl)c1ccccc1. The molecule has 0 saturated heterocycles. The molecule has 0 atom stereocenters. The van der Waals surface area contributed by atoms with Gasteiger partial charge in [0.15, 0.2) is 5.78 Å². The Morgan fingerprint density at radius 3 is 2.33 bits per heavy atom. The second-order valence-electron chi connectivity index (χ2n) is 2.23. The highest BCUT2D eigenvalue weighted by molar-refractivity contribution is 6.19. The zero-order chi connectivity index (χ0) is 8.10. The largest absolute Gasteiger partial charge is 0.294 e. The van der Waals surface area contributed by atoms with Gasteiger partial charge in [0, 0.05) is 17.9 Å². The summed E-state index contributed by atoms with van der Waals surface area (Å²) in [4.78, 5) is 11.2. The minimum atomic E-state index is 0. The van der Waals surface area contributed by atoms with Gasteiger partial charge in [-0.05, 0) is 0 Å². The monoisotopic (exact) mass is 204 g/mol. The number of hydrogen-bond acceptors (Lipinski definition) is 1. The Morgan fingerprint density at radius 2 is 1.83 bits per heavy atom. The van der Waals surface area contributed by atoms with Gasteiger partial charge in [0.05, 0.1) is 0 Å². The highest BCUT2D eigenvalue weighted by Crippen LogP contribution is 2.02. The fourth-order valence-electron chi connectivity index (χ4n) is 0.854. The first-order chi connectivity index (χ1) is 5.34. The Labute approximate surface area is 83.1 Å². The molecule has 0 heterocycles. The molecular formula is C9H10Cl2O. The molecule has 0 fully saturated rings. The van der Waals surface area contributed by atoms with Crippen LogP contribution in [-0.4, -0.2) is 11.7 Å². The van der Waals surface area contributed by atoms with Gasteiger partial charge in [-0.2, -0.15) is 0 Å². The molecule has 0 aliphatic heterocycles. The third kappa shape index (κ3) is 3.24. The number of carbonyl (C=O) groups excluding carboxylic acids is 1. The van der Waals surface area contributed by atoms with Crippen molar-refractivity contribution in [2.45, 2.75) is 6.42 Å². The summed E-state index contributed by atoms with van der Waals surface area (Å²) < 4.78 is 0. The minimum absolute atomic E-state index is 0. The normalized spacial score (nSPS) is 8.75. The van der Waals surface area contributed by atoms with Gasteiger partial charge in [-0.1, -0.05) is 30.3 Å². The van der Waals surface area contributed by atoms with Crippen LogP contribution in [0.5, 0.6) is 0 Å². The lowest BCUT2D eigenvalue weighted by atomic mass is 10.1. The molecule has 0 aliphatic carbocycles. The van der Waals surface area contributed by atoms with Gasteiger partial charge < -0.3 is 0 Å². The number of carbonyl (C=O) groups is 1. The van der Waals surface area contributed by atoms with E-state index in [9.17, 15) is 4.79 Å². The topological polar surface area (TPSA) is 17.1 Å². The molecule has 1 rings (SSSR count). The van der Waals surface area contributed by atoms with Gasteiger partial charge >= 0.3 is 0 Å². The van der Waals surface area contributed by atoms with Crippen LogP contribution in [0.2, 0.25) is 0 Å². The molecule has 12 heavy (non-hydrogen) atoms. The molecule has 3 heteroatoms. The van der Waals surface area contributed by atoms with Crippen LogP contribution in [0.1, 0.15) is 16.8 Å². The summed E-state index contributed by atoms with van der Waals surface area (Å²) in [5, 5.41) is 0. The third-order valence-electron chi connectivity index (χ3n) is 1.42. The van der Waals surface area contributed by atoms with Crippen molar-refractivity contribution in [2.24, 2.45) is 0 Å². The molecule has 66 valence electrons. The first-order valence-electron chi connectivity index (χ1n) is 3.49. The highest BCUT2D eigenvalue weighted by atomic mass is 35.5. The van der Waals surface area contributed by atoms with E-state index in [0.717, 1.165) is 5.56 Å². The van der Waals surface area contributed by atoms with Crippen molar-refractivity contribution >= 4 is 29.8 Å². The number of rotatable bonds is 3. The highest BCUT2D eigenvalue weighted by Gasteiger charge is 2.01. The van der Waals surface area contributed by atoms with Crippen molar-refractivity contribution < 1.29 is 4.79 Å². The van der Waals surface area contributed by atoms with Gasteiger partial charge in [0.2, 0.25) is 0 Å². The predicted octanol–water partition coefficient (Wildman–Crippen LogP) is 2.92. The van der Waals surface area contributed by atoms with Gasteiger partial charge in [0.25, 0.3) is 0 Å². The average molecular weight is 205 g/mol. The summed E-state index contributed by atoms with van der Waals surface area (Å²) in [5.41, 5.74) is 0.744. The zero-order valence-electron chi connectivity index (χ0n) is 6.50. The molecule has 0 aromatic heterocycles. The second kappa shape index (κ2) is 6.04. The molecular weight excluding hydrogens is 195 g/mol. The number of halogens is 2. The molecule has 0 aliphatic rings. The fraction of sp³-hybridized carbons (Fsp3) is 0.222. The van der Waals surface area contributed by atoms with Gasteiger partial charge in [-0.3, -0.25) is 4.79 Å². The maximum Gasteiger partial charge on any atom is 0.164 e. The molecule has 0 spiro atoms. The molecule has 0 radical (unpaired) electrons. The molecule has 0 N–H and O–H groups in total. The van der Waals surface area contributed by atoms with Crippen molar-refractivity contribution in [2.75, 3.05) is 5.88 Å². The number of hydrogen-bond donors (Lipinski definition) is 0. The van der Waals surface area contributed by atoms with Gasteiger partial charge in [0.1, 0.15) is 0 Å². The lowest BCUT2D eigenvalue weighted by molar-refractivity contribution is 0.0989. The maximum absolute atomic E-state index is 11.2. The van der Waals surface area contributed by atoms with E-state index in [1.165, 1.54) is 0 Å². The van der Waals surface area contributed by atoms with E-state index >= 15 is 0 Å². The first-order valence-corrected chi connectivity index (χ1v) is 4.02. The quantitative estimate of drug-likeness (QED) is 0.547. The van der Waals surface area contributed by atoms with Crippen molar-refractivity contribution in [3.05, 3.63) is 35.9 Å². The molecule has 0 amide bonds. The van der Waals surface area contributed by atoms with E-state index in [0.29, 0.717) is 12.3 Å². The van der Waals surface area contributed by atoms with Crippen LogP contribution in [-0.2, 0) is 0 Å². The average Bonchev–Trinajstić information content (AvgIpc) is 2.07. The Hall–Kier alpha value is -0.530. The van der Waals surface area contributed by atoms with Gasteiger partial charge in [-0.25, -0.2) is 0 Å². The van der Waals surface area contributed by atoms with Gasteiger partial charge in [-0.15, -0.1) is 24.0 Å². The van der Waals surface area contributed by atoms with E-state index in [1.807, 2.05) is 18.2 Å². The lowest BCUT2D eigenvalue weighted by Crippen LogP contribution is -1.98. The van der Waals surface area contributed by atoms with E-state index in [1.54, 1.807) is 12.1 Å². The Morgan fingerprint density at radius 1 is 1.25 bits per heavy atom. The van der Waals surface area contributed by atoms with E-state index in [4.69, 9.17) is 11.6 Å². The summed E-state index contributed by atoms with van der Waals surface area (Å²) in [7, 11) is 0. The lowest BCUT2D eigenvalue weighted by Gasteiger charge is -1.95. The van der Waals surface area contributed by atoms with Crippen molar-refractivity contribution in [1.82, 2.24) is 0 Å². The van der Waals surface area contributed by atoms with Crippen molar-refractivity contribution in [3.8, 4) is 0 Å². The molecule has 0 saturated carbocycles. The first kappa shape index (κ1) is 11.5. The predicted molar refractivity (Wildman–Crippen MR) is 53.4 cm³/mol. The summed E-state index contributed by atoms with van der Waals surface area (Å²) >= 11 is 5.43. The number of ketones is 1. The standard InChI is InChI=1S/C9H9ClO.ClH/c10-7-6-9(11)8-4-2-1-3-5-8;/h1-5H,6-7H2;1H. The Bertz CT molecular complexity index is 234. The van der Waals surface area contributed by atoms with E-state index < -0.39 is 0 Å². The number of alkyl halides is 1. The molecule has 0 bridgehead atoms. The van der Waals surface area contributed by atoms with E-state index in [-0.39, 0.29) is 18.2 Å². The van der Waals surface area contributed by atoms with E-state index in [2.05, 4.69) is 0 Å². The Kier molecular flexibility index (Phi) is 5.77. The second-order valence-corrected chi connectivity index (χ2v) is 2.61. The van der Waals surface area contributed by atoms with Crippen LogP contribution in [0.15, 0.2) is 30.3 Å². The zero-order valence-corrected chi connectivity index (χ0v) is 8.07. The van der Waals surface area contributed by atoms with Crippen molar-refractivity contribution in [3.63, 3.8) is 0 Å². The maximum atomic E-state index is 11.2. The summed E-state index contributed by atoms with van der Waals surface area (Å²) in [6.07, 6.45) is 0.422. The van der Waals surface area contributed by atoms with Crippen LogP contribution in [0.25, 0.3) is 0 Å². The van der Waals surface area contributed by atoms with Crippen molar-refractivity contribution in [1.29, 1.82) is 0 Å². The third-order valence-corrected chi connectivity index (χ3v) is 1.61. The smallest absolute Gasteiger partial charge is 0.164 e. The molecule has 1 aromatic carbocycles. The summed E-state index contributed by atoms with van der Waals surface area (Å²) in [6.45, 7) is 0. The minimum Gasteiger partial charge on any atom is -0.294 e. The molecule has 0 unspecified atom stereocenters. The van der Waals surface area contributed by atoms with Crippen LogP contribution in [0.4, 0.5) is 0 Å². The van der Waals surface area contributed by atoms with Crippen LogP contribution < -0.4 is 0 Å².